The maximum atomic E-state index is 12.7. The fourth-order valence-electron chi connectivity index (χ4n) is 3.60. The molecule has 0 aromatic heterocycles. The van der Waals surface area contributed by atoms with Gasteiger partial charge in [-0.25, -0.2) is 0 Å². The predicted molar refractivity (Wildman–Crippen MR) is 93.1 cm³/mol. The van der Waals surface area contributed by atoms with Crippen LogP contribution in [-0.4, -0.2) is 39.8 Å². The van der Waals surface area contributed by atoms with E-state index in [2.05, 4.69) is 5.32 Å². The summed E-state index contributed by atoms with van der Waals surface area (Å²) in [6.45, 7) is 6.21. The van der Waals surface area contributed by atoms with E-state index in [9.17, 15) is 14.9 Å². The first-order valence-corrected chi connectivity index (χ1v) is 8.46. The number of nitrogens with zero attached hydrogens (tertiary/aromatic N) is 2. The van der Waals surface area contributed by atoms with Crippen LogP contribution >= 0.6 is 12.2 Å². The highest BCUT2D eigenvalue weighted by atomic mass is 32.1. The molecular formula is C16H19N3O5S. The minimum atomic E-state index is -1.03. The zero-order valence-corrected chi connectivity index (χ0v) is 15.0. The number of benzene rings is 1. The zero-order chi connectivity index (χ0) is 18.4. The summed E-state index contributed by atoms with van der Waals surface area (Å²) in [6.07, 6.45) is 0. The zero-order valence-electron chi connectivity index (χ0n) is 14.1. The van der Waals surface area contributed by atoms with Crippen molar-refractivity contribution in [3.05, 3.63) is 33.9 Å². The van der Waals surface area contributed by atoms with Gasteiger partial charge in [0.05, 0.1) is 17.6 Å². The van der Waals surface area contributed by atoms with Gasteiger partial charge in [-0.05, 0) is 39.1 Å². The third-order valence-corrected chi connectivity index (χ3v) is 5.02. The van der Waals surface area contributed by atoms with Crippen molar-refractivity contribution in [2.24, 2.45) is 5.92 Å². The number of thiocarbonyl (C=S) groups is 1. The maximum Gasteiger partial charge on any atom is 0.317 e. The number of non-ortho nitro benzene ring substituents is 1. The first kappa shape index (κ1) is 17.4. The monoisotopic (exact) mass is 365 g/mol. The number of fused-ring (bicyclic) bond motifs is 4. The van der Waals surface area contributed by atoms with Crippen molar-refractivity contribution in [3.63, 3.8) is 0 Å². The smallest absolute Gasteiger partial charge is 0.317 e. The van der Waals surface area contributed by atoms with Crippen molar-refractivity contribution in [3.8, 4) is 5.75 Å². The number of rotatable bonds is 4. The van der Waals surface area contributed by atoms with E-state index < -0.39 is 28.6 Å². The topological polar surface area (TPSA) is 93.9 Å². The lowest BCUT2D eigenvalue weighted by atomic mass is 9.79. The molecule has 25 heavy (non-hydrogen) atoms. The summed E-state index contributed by atoms with van der Waals surface area (Å²) in [5.74, 6) is -0.652. The number of carbonyl (C=O) groups excluding carboxylic acids is 1. The summed E-state index contributed by atoms with van der Waals surface area (Å²) in [7, 11) is 0. The second-order valence-electron chi connectivity index (χ2n) is 6.04. The molecule has 2 bridgehead atoms. The Hall–Kier alpha value is -2.42. The Bertz CT molecular complexity index is 755. The second-order valence-corrected chi connectivity index (χ2v) is 6.42. The molecule has 1 fully saturated rings. The fraction of sp³-hybridized carbons (Fsp3) is 0.500. The molecule has 3 rings (SSSR count). The molecule has 2 heterocycles. The van der Waals surface area contributed by atoms with E-state index in [-0.39, 0.29) is 12.3 Å². The molecule has 3 atom stereocenters. The van der Waals surface area contributed by atoms with E-state index in [1.807, 2.05) is 6.92 Å². The lowest BCUT2D eigenvalue weighted by molar-refractivity contribution is -0.385. The molecule has 2 aliphatic heterocycles. The van der Waals surface area contributed by atoms with Gasteiger partial charge in [0.1, 0.15) is 11.7 Å². The molecule has 1 aromatic rings. The molecular weight excluding hydrogens is 346 g/mol. The lowest BCUT2D eigenvalue weighted by Crippen LogP contribution is -2.71. The molecule has 1 aromatic carbocycles. The average Bonchev–Trinajstić information content (AvgIpc) is 2.54. The van der Waals surface area contributed by atoms with E-state index in [0.29, 0.717) is 23.0 Å². The molecule has 0 amide bonds. The Labute approximate surface area is 150 Å². The standard InChI is InChI=1S/C16H19N3O5S/c1-4-18-15(25)17-13-10-8-9(19(21)22)6-7-11(10)24-16(18,3)12(13)14(20)23-5-2/h6-8,12-13H,4-5H2,1-3H3,(H,17,25)/t12-,13+,16+/m0/s1. The summed E-state index contributed by atoms with van der Waals surface area (Å²) in [5, 5.41) is 14.7. The molecule has 1 N–H and O–H groups in total. The van der Waals surface area contributed by atoms with Gasteiger partial charge in [-0.3, -0.25) is 14.9 Å². The van der Waals surface area contributed by atoms with Gasteiger partial charge in [0.2, 0.25) is 0 Å². The Morgan fingerprint density at radius 2 is 2.24 bits per heavy atom. The van der Waals surface area contributed by atoms with Crippen LogP contribution in [0.4, 0.5) is 5.69 Å². The minimum Gasteiger partial charge on any atom is -0.467 e. The van der Waals surface area contributed by atoms with Crippen LogP contribution in [0.25, 0.3) is 0 Å². The van der Waals surface area contributed by atoms with Crippen molar-refractivity contribution in [1.82, 2.24) is 10.2 Å². The Morgan fingerprint density at radius 1 is 1.52 bits per heavy atom. The second kappa shape index (κ2) is 6.14. The quantitative estimate of drug-likeness (QED) is 0.375. The molecule has 134 valence electrons. The molecule has 0 saturated carbocycles. The number of hydrogen-bond donors (Lipinski definition) is 1. The van der Waals surface area contributed by atoms with E-state index in [1.54, 1.807) is 24.8 Å². The molecule has 9 heteroatoms. The van der Waals surface area contributed by atoms with Crippen LogP contribution in [0.3, 0.4) is 0 Å². The first-order chi connectivity index (χ1) is 11.8. The normalized spacial score (nSPS) is 27.0. The van der Waals surface area contributed by atoms with Gasteiger partial charge in [0.15, 0.2) is 10.8 Å². The van der Waals surface area contributed by atoms with Crippen molar-refractivity contribution >= 4 is 29.0 Å². The maximum absolute atomic E-state index is 12.7. The highest BCUT2D eigenvalue weighted by Gasteiger charge is 2.59. The van der Waals surface area contributed by atoms with Gasteiger partial charge in [0.25, 0.3) is 5.69 Å². The molecule has 0 spiro atoms. The van der Waals surface area contributed by atoms with Gasteiger partial charge in [-0.15, -0.1) is 0 Å². The first-order valence-electron chi connectivity index (χ1n) is 8.05. The largest absolute Gasteiger partial charge is 0.467 e. The van der Waals surface area contributed by atoms with E-state index >= 15 is 0 Å². The van der Waals surface area contributed by atoms with Crippen LogP contribution in [0, 0.1) is 16.0 Å². The SMILES string of the molecule is CCOC(=O)[C@@H]1[C@@H]2NC(=S)N(CC)[C@]1(C)Oc1ccc([N+](=O)[O-])cc12. The molecule has 0 aliphatic carbocycles. The van der Waals surface area contributed by atoms with Gasteiger partial charge in [0, 0.05) is 24.2 Å². The van der Waals surface area contributed by atoms with Gasteiger partial charge < -0.3 is 19.7 Å². The Balaban J connectivity index is 2.16. The van der Waals surface area contributed by atoms with Crippen LogP contribution in [0.2, 0.25) is 0 Å². The third-order valence-electron chi connectivity index (χ3n) is 4.68. The lowest BCUT2D eigenvalue weighted by Gasteiger charge is -2.55. The predicted octanol–water partition coefficient (Wildman–Crippen LogP) is 2.13. The van der Waals surface area contributed by atoms with Gasteiger partial charge in [-0.1, -0.05) is 0 Å². The van der Waals surface area contributed by atoms with Crippen LogP contribution in [0.1, 0.15) is 32.4 Å². The number of ether oxygens (including phenoxy) is 2. The van der Waals surface area contributed by atoms with Gasteiger partial charge >= 0.3 is 5.97 Å². The minimum absolute atomic E-state index is 0.0702. The van der Waals surface area contributed by atoms with E-state index in [4.69, 9.17) is 21.7 Å². The number of esters is 1. The van der Waals surface area contributed by atoms with Crippen LogP contribution in [0.15, 0.2) is 18.2 Å². The molecule has 1 saturated heterocycles. The van der Waals surface area contributed by atoms with Crippen LogP contribution in [-0.2, 0) is 9.53 Å². The third kappa shape index (κ3) is 2.58. The van der Waals surface area contributed by atoms with E-state index in [0.717, 1.165) is 0 Å². The highest BCUT2D eigenvalue weighted by molar-refractivity contribution is 7.80. The molecule has 8 nitrogen and oxygen atoms in total. The van der Waals surface area contributed by atoms with Crippen molar-refractivity contribution < 1.29 is 19.2 Å². The summed E-state index contributed by atoms with van der Waals surface area (Å²) >= 11 is 5.42. The molecule has 0 unspecified atom stereocenters. The highest BCUT2D eigenvalue weighted by Crippen LogP contribution is 2.49. The Morgan fingerprint density at radius 3 is 2.84 bits per heavy atom. The van der Waals surface area contributed by atoms with E-state index in [1.165, 1.54) is 12.1 Å². The number of nitro benzene ring substituents is 1. The van der Waals surface area contributed by atoms with Crippen molar-refractivity contribution in [2.45, 2.75) is 32.5 Å². The summed E-state index contributed by atoms with van der Waals surface area (Å²) in [5.41, 5.74) is -0.570. The summed E-state index contributed by atoms with van der Waals surface area (Å²) in [6, 6.07) is 3.81. The van der Waals surface area contributed by atoms with Gasteiger partial charge in [-0.2, -0.15) is 0 Å². The summed E-state index contributed by atoms with van der Waals surface area (Å²) in [4.78, 5) is 25.1. The fourth-order valence-corrected chi connectivity index (χ4v) is 4.04. The molecule has 0 radical (unpaired) electrons. The number of hydrogen-bond acceptors (Lipinski definition) is 6. The van der Waals surface area contributed by atoms with Crippen LogP contribution < -0.4 is 10.1 Å². The number of carbonyl (C=O) groups is 1. The van der Waals surface area contributed by atoms with Crippen molar-refractivity contribution in [2.75, 3.05) is 13.2 Å². The average molecular weight is 365 g/mol. The number of nitrogens with one attached hydrogen (secondary N) is 1. The molecule has 2 aliphatic rings. The summed E-state index contributed by atoms with van der Waals surface area (Å²) < 4.78 is 11.4. The van der Waals surface area contributed by atoms with Crippen molar-refractivity contribution in [1.29, 1.82) is 0 Å². The Kier molecular flexibility index (Phi) is 4.28. The number of nitro groups is 1. The van der Waals surface area contributed by atoms with Crippen LogP contribution in [0.5, 0.6) is 5.75 Å².